The number of hydrogen-bond acceptors (Lipinski definition) is 5. The molecule has 2 aromatic rings. The molecule has 0 aliphatic rings. The van der Waals surface area contributed by atoms with Gasteiger partial charge in [-0.2, -0.15) is 0 Å². The Bertz CT molecular complexity index is 681. The summed E-state index contributed by atoms with van der Waals surface area (Å²) in [6.07, 6.45) is 0.906. The predicted molar refractivity (Wildman–Crippen MR) is 59.7 cm³/mol. The van der Waals surface area contributed by atoms with Crippen molar-refractivity contribution < 1.29 is 19.1 Å². The van der Waals surface area contributed by atoms with Crippen molar-refractivity contribution in [2.45, 2.75) is 6.92 Å². The molecule has 2 rings (SSSR count). The highest BCUT2D eigenvalue weighted by atomic mass is 16.4. The molecular weight excluding hydrogens is 224 g/mol. The summed E-state index contributed by atoms with van der Waals surface area (Å²) in [4.78, 5) is 32.8. The number of aldehydes is 2. The molecule has 1 aromatic carbocycles. The summed E-state index contributed by atoms with van der Waals surface area (Å²) in [6, 6.07) is 2.37. The van der Waals surface area contributed by atoms with E-state index in [9.17, 15) is 19.5 Å². The van der Waals surface area contributed by atoms with Crippen LogP contribution < -0.4 is 5.63 Å². The van der Waals surface area contributed by atoms with Crippen LogP contribution in [-0.4, -0.2) is 17.7 Å². The number of benzene rings is 1. The average molecular weight is 232 g/mol. The molecule has 1 heterocycles. The maximum absolute atomic E-state index is 11.2. The zero-order valence-electron chi connectivity index (χ0n) is 8.89. The Balaban J connectivity index is 3.10. The van der Waals surface area contributed by atoms with Crippen molar-refractivity contribution in [3.05, 3.63) is 39.2 Å². The first-order valence-corrected chi connectivity index (χ1v) is 4.79. The normalized spacial score (nSPS) is 10.4. The van der Waals surface area contributed by atoms with E-state index in [1.807, 2.05) is 0 Å². The van der Waals surface area contributed by atoms with Crippen LogP contribution in [0.25, 0.3) is 11.0 Å². The summed E-state index contributed by atoms with van der Waals surface area (Å²) in [7, 11) is 0. The summed E-state index contributed by atoms with van der Waals surface area (Å²) in [5.74, 6) is -0.290. The summed E-state index contributed by atoms with van der Waals surface area (Å²) < 4.78 is 4.88. The van der Waals surface area contributed by atoms with Gasteiger partial charge in [-0.05, 0) is 18.6 Å². The van der Waals surface area contributed by atoms with Crippen LogP contribution in [-0.2, 0) is 0 Å². The van der Waals surface area contributed by atoms with Gasteiger partial charge in [0, 0.05) is 6.07 Å². The molecule has 0 spiro atoms. The predicted octanol–water partition coefficient (Wildman–Crippen LogP) is 1.43. The van der Waals surface area contributed by atoms with Crippen molar-refractivity contribution >= 4 is 23.5 Å². The number of carbonyl (C=O) groups excluding carboxylic acids is 2. The maximum Gasteiger partial charge on any atom is 0.336 e. The van der Waals surface area contributed by atoms with Crippen molar-refractivity contribution in [1.82, 2.24) is 0 Å². The van der Waals surface area contributed by atoms with Gasteiger partial charge in [0.2, 0.25) is 0 Å². The molecule has 0 aliphatic carbocycles. The zero-order valence-corrected chi connectivity index (χ0v) is 8.89. The van der Waals surface area contributed by atoms with Crippen LogP contribution in [0.1, 0.15) is 26.3 Å². The van der Waals surface area contributed by atoms with E-state index in [1.165, 1.54) is 12.1 Å². The fraction of sp³-hybridized carbons (Fsp3) is 0.0833. The van der Waals surface area contributed by atoms with Gasteiger partial charge in [-0.3, -0.25) is 9.59 Å². The van der Waals surface area contributed by atoms with E-state index in [-0.39, 0.29) is 27.8 Å². The number of fused-ring (bicyclic) bond motifs is 1. The SMILES string of the molecule is Cc1cc(=O)oc2c(C=O)cc(C=O)c(O)c12. The molecule has 1 N–H and O–H groups in total. The fourth-order valence-corrected chi connectivity index (χ4v) is 1.73. The van der Waals surface area contributed by atoms with Crippen LogP contribution in [0, 0.1) is 6.92 Å². The number of rotatable bonds is 2. The van der Waals surface area contributed by atoms with Crippen molar-refractivity contribution in [3.63, 3.8) is 0 Å². The molecule has 1 aromatic heterocycles. The van der Waals surface area contributed by atoms with Crippen LogP contribution in [0.15, 0.2) is 21.3 Å². The van der Waals surface area contributed by atoms with Gasteiger partial charge in [0.05, 0.1) is 16.5 Å². The average Bonchev–Trinajstić information content (AvgIpc) is 2.28. The quantitative estimate of drug-likeness (QED) is 0.625. The largest absolute Gasteiger partial charge is 0.506 e. The third-order valence-electron chi connectivity index (χ3n) is 2.50. The Hall–Kier alpha value is -2.43. The Kier molecular flexibility index (Phi) is 2.51. The lowest BCUT2D eigenvalue weighted by molar-refractivity contribution is 0.112. The van der Waals surface area contributed by atoms with E-state index in [2.05, 4.69) is 0 Å². The van der Waals surface area contributed by atoms with Gasteiger partial charge in [0.1, 0.15) is 5.75 Å². The number of hydrogen-bond donors (Lipinski definition) is 1. The minimum Gasteiger partial charge on any atom is -0.506 e. The molecule has 0 unspecified atom stereocenters. The lowest BCUT2D eigenvalue weighted by Gasteiger charge is -2.07. The number of phenolic OH excluding ortho intramolecular Hbond substituents is 1. The van der Waals surface area contributed by atoms with Gasteiger partial charge >= 0.3 is 5.63 Å². The second-order valence-electron chi connectivity index (χ2n) is 3.59. The Morgan fingerprint density at radius 1 is 1.18 bits per heavy atom. The van der Waals surface area contributed by atoms with Crippen LogP contribution in [0.2, 0.25) is 0 Å². The van der Waals surface area contributed by atoms with E-state index in [1.54, 1.807) is 6.92 Å². The van der Waals surface area contributed by atoms with Crippen LogP contribution >= 0.6 is 0 Å². The van der Waals surface area contributed by atoms with Crippen molar-refractivity contribution in [2.24, 2.45) is 0 Å². The minimum absolute atomic E-state index is 0.00639. The van der Waals surface area contributed by atoms with Gasteiger partial charge in [0.25, 0.3) is 0 Å². The minimum atomic E-state index is -0.614. The fourth-order valence-electron chi connectivity index (χ4n) is 1.73. The van der Waals surface area contributed by atoms with Crippen molar-refractivity contribution in [3.8, 4) is 5.75 Å². The first-order valence-electron chi connectivity index (χ1n) is 4.79. The number of aromatic hydroxyl groups is 1. The number of phenols is 1. The third-order valence-corrected chi connectivity index (χ3v) is 2.50. The second-order valence-corrected chi connectivity index (χ2v) is 3.59. The molecule has 0 atom stereocenters. The summed E-state index contributed by atoms with van der Waals surface area (Å²) in [5, 5.41) is 10.0. The number of carbonyl (C=O) groups is 2. The highest BCUT2D eigenvalue weighted by Crippen LogP contribution is 2.31. The molecule has 17 heavy (non-hydrogen) atoms. The lowest BCUT2D eigenvalue weighted by Crippen LogP contribution is -2.01. The van der Waals surface area contributed by atoms with E-state index in [0.29, 0.717) is 18.1 Å². The van der Waals surface area contributed by atoms with Gasteiger partial charge in [0.15, 0.2) is 18.2 Å². The molecule has 0 radical (unpaired) electrons. The lowest BCUT2D eigenvalue weighted by atomic mass is 10.0. The highest BCUT2D eigenvalue weighted by molar-refractivity contribution is 6.03. The number of aryl methyl sites for hydroxylation is 1. The summed E-state index contributed by atoms with van der Waals surface area (Å²) in [5.41, 5.74) is -0.137. The molecule has 86 valence electrons. The second kappa shape index (κ2) is 3.86. The van der Waals surface area contributed by atoms with Gasteiger partial charge in [-0.1, -0.05) is 0 Å². The maximum atomic E-state index is 11.2. The molecule has 0 aliphatic heterocycles. The molecule has 0 saturated carbocycles. The van der Waals surface area contributed by atoms with E-state index in [0.717, 1.165) is 0 Å². The van der Waals surface area contributed by atoms with Crippen molar-refractivity contribution in [2.75, 3.05) is 0 Å². The van der Waals surface area contributed by atoms with Crippen molar-refractivity contribution in [1.29, 1.82) is 0 Å². The van der Waals surface area contributed by atoms with Gasteiger partial charge in [-0.25, -0.2) is 4.79 Å². The van der Waals surface area contributed by atoms with E-state index >= 15 is 0 Å². The van der Waals surface area contributed by atoms with E-state index < -0.39 is 5.63 Å². The topological polar surface area (TPSA) is 84.6 Å². The standard InChI is InChI=1S/C12H8O5/c1-6-2-9(15)17-12-8(5-14)3-7(4-13)11(16)10(6)12/h2-5,16H,1H3. The molecule has 5 nitrogen and oxygen atoms in total. The molecule has 0 fully saturated rings. The summed E-state index contributed by atoms with van der Waals surface area (Å²) in [6.45, 7) is 1.59. The molecule has 0 amide bonds. The Morgan fingerprint density at radius 2 is 1.82 bits per heavy atom. The van der Waals surface area contributed by atoms with Gasteiger partial charge in [-0.15, -0.1) is 0 Å². The molecule has 0 saturated heterocycles. The Labute approximate surface area is 95.3 Å². The van der Waals surface area contributed by atoms with Gasteiger partial charge < -0.3 is 9.52 Å². The molecule has 0 bridgehead atoms. The highest BCUT2D eigenvalue weighted by Gasteiger charge is 2.15. The van der Waals surface area contributed by atoms with Crippen LogP contribution in [0.4, 0.5) is 0 Å². The van der Waals surface area contributed by atoms with E-state index in [4.69, 9.17) is 4.42 Å². The monoisotopic (exact) mass is 232 g/mol. The third kappa shape index (κ3) is 1.61. The molecule has 5 heteroatoms. The first kappa shape index (κ1) is 11.1. The first-order chi connectivity index (χ1) is 8.08. The zero-order chi connectivity index (χ0) is 12.6. The van der Waals surface area contributed by atoms with Crippen LogP contribution in [0.5, 0.6) is 5.75 Å². The Morgan fingerprint density at radius 3 is 2.41 bits per heavy atom. The molecular formula is C12H8O5. The van der Waals surface area contributed by atoms with Crippen LogP contribution in [0.3, 0.4) is 0 Å². The smallest absolute Gasteiger partial charge is 0.336 e. The summed E-state index contributed by atoms with van der Waals surface area (Å²) >= 11 is 0.